The number of nitrogens with zero attached hydrogens (tertiary/aromatic N) is 1. The molecule has 3 aromatic rings. The topological polar surface area (TPSA) is 45.8 Å². The van der Waals surface area contributed by atoms with Gasteiger partial charge in [0.1, 0.15) is 24.2 Å². The van der Waals surface area contributed by atoms with E-state index in [0.717, 1.165) is 23.6 Å². The lowest BCUT2D eigenvalue weighted by Crippen LogP contribution is -2.35. The van der Waals surface area contributed by atoms with Crippen molar-refractivity contribution in [2.75, 3.05) is 13.2 Å². The summed E-state index contributed by atoms with van der Waals surface area (Å²) in [5.41, 5.74) is 3.57. The molecule has 0 radical (unpaired) electrons. The van der Waals surface area contributed by atoms with E-state index in [1.165, 1.54) is 16.0 Å². The Morgan fingerprint density at radius 3 is 2.63 bits per heavy atom. The molecule has 2 heterocycles. The summed E-state index contributed by atoms with van der Waals surface area (Å²) in [6, 6.07) is 12.1. The second-order valence-corrected chi connectivity index (χ2v) is 8.01. The summed E-state index contributed by atoms with van der Waals surface area (Å²) in [6.07, 6.45) is 1.10. The number of ether oxygens (including phenoxy) is 1. The lowest BCUT2D eigenvalue weighted by Gasteiger charge is -2.24. The minimum absolute atomic E-state index is 0.266. The van der Waals surface area contributed by atoms with Gasteiger partial charge in [-0.1, -0.05) is 17.7 Å². The van der Waals surface area contributed by atoms with E-state index in [0.29, 0.717) is 13.1 Å². The molecular formula is C22H27NO3S. The van der Waals surface area contributed by atoms with Crippen LogP contribution in [0.25, 0.3) is 0 Å². The molecular weight excluding hydrogens is 358 g/mol. The van der Waals surface area contributed by atoms with E-state index in [4.69, 9.17) is 9.15 Å². The fourth-order valence-corrected chi connectivity index (χ4v) is 4.02. The Morgan fingerprint density at radius 1 is 1.11 bits per heavy atom. The van der Waals surface area contributed by atoms with Gasteiger partial charge in [0.25, 0.3) is 0 Å². The van der Waals surface area contributed by atoms with Crippen LogP contribution in [0.15, 0.2) is 52.5 Å². The maximum atomic E-state index is 10.6. The van der Waals surface area contributed by atoms with Gasteiger partial charge >= 0.3 is 0 Å². The highest BCUT2D eigenvalue weighted by molar-refractivity contribution is 7.10. The van der Waals surface area contributed by atoms with Gasteiger partial charge in [0.05, 0.1) is 12.8 Å². The van der Waals surface area contributed by atoms with Crippen LogP contribution in [0.2, 0.25) is 0 Å². The van der Waals surface area contributed by atoms with E-state index < -0.39 is 6.10 Å². The lowest BCUT2D eigenvalue weighted by atomic mass is 10.1. The van der Waals surface area contributed by atoms with Crippen molar-refractivity contribution in [2.24, 2.45) is 0 Å². The zero-order chi connectivity index (χ0) is 19.2. The van der Waals surface area contributed by atoms with E-state index >= 15 is 0 Å². The van der Waals surface area contributed by atoms with Gasteiger partial charge in [-0.3, -0.25) is 4.90 Å². The average molecular weight is 386 g/mol. The molecule has 144 valence electrons. The third kappa shape index (κ3) is 5.70. The van der Waals surface area contributed by atoms with Gasteiger partial charge in [0.2, 0.25) is 0 Å². The van der Waals surface area contributed by atoms with Crippen LogP contribution < -0.4 is 4.74 Å². The van der Waals surface area contributed by atoms with Crippen molar-refractivity contribution in [3.8, 4) is 5.75 Å². The fourth-order valence-electron chi connectivity index (χ4n) is 3.08. The number of furan rings is 1. The van der Waals surface area contributed by atoms with Gasteiger partial charge in [-0.2, -0.15) is 0 Å². The zero-order valence-electron chi connectivity index (χ0n) is 16.1. The monoisotopic (exact) mass is 385 g/mol. The quantitative estimate of drug-likeness (QED) is 0.579. The molecule has 2 aromatic heterocycles. The zero-order valence-corrected chi connectivity index (χ0v) is 17.0. The van der Waals surface area contributed by atoms with Crippen LogP contribution in [-0.2, 0) is 13.1 Å². The molecule has 1 unspecified atom stereocenters. The van der Waals surface area contributed by atoms with Crippen LogP contribution in [0.3, 0.4) is 0 Å². The van der Waals surface area contributed by atoms with Gasteiger partial charge in [-0.15, -0.1) is 11.3 Å². The molecule has 3 rings (SSSR count). The summed E-state index contributed by atoms with van der Waals surface area (Å²) in [4.78, 5) is 3.51. The SMILES string of the molecule is Cc1ccc(OCC(O)CN(Cc2ccco2)Cc2sccc2C)c(C)c1. The summed E-state index contributed by atoms with van der Waals surface area (Å²) in [7, 11) is 0. The minimum atomic E-state index is -0.582. The second kappa shape index (κ2) is 9.22. The Balaban J connectivity index is 1.60. The number of rotatable bonds is 9. The molecule has 0 saturated carbocycles. The number of aryl methyl sites for hydroxylation is 3. The van der Waals surface area contributed by atoms with Crippen LogP contribution in [0, 0.1) is 20.8 Å². The Kier molecular flexibility index (Phi) is 6.72. The van der Waals surface area contributed by atoms with Crippen LogP contribution >= 0.6 is 11.3 Å². The third-order valence-electron chi connectivity index (χ3n) is 4.53. The maximum absolute atomic E-state index is 10.6. The van der Waals surface area contributed by atoms with Crippen molar-refractivity contribution in [1.82, 2.24) is 4.90 Å². The third-order valence-corrected chi connectivity index (χ3v) is 5.53. The first-order valence-electron chi connectivity index (χ1n) is 9.17. The Morgan fingerprint density at radius 2 is 1.96 bits per heavy atom. The second-order valence-electron chi connectivity index (χ2n) is 7.01. The number of thiophene rings is 1. The van der Waals surface area contributed by atoms with Crippen molar-refractivity contribution >= 4 is 11.3 Å². The molecule has 0 aliphatic heterocycles. The molecule has 27 heavy (non-hydrogen) atoms. The first-order valence-corrected chi connectivity index (χ1v) is 10.0. The van der Waals surface area contributed by atoms with Crippen molar-refractivity contribution in [3.63, 3.8) is 0 Å². The molecule has 0 amide bonds. The number of aliphatic hydroxyl groups excluding tert-OH is 1. The van der Waals surface area contributed by atoms with Gasteiger partial charge in [0.15, 0.2) is 0 Å². The molecule has 0 aliphatic carbocycles. The van der Waals surface area contributed by atoms with Crippen LogP contribution in [0.4, 0.5) is 0 Å². The Hall–Kier alpha value is -2.08. The average Bonchev–Trinajstić information content (AvgIpc) is 3.26. The summed E-state index contributed by atoms with van der Waals surface area (Å²) in [6.45, 7) is 8.43. The summed E-state index contributed by atoms with van der Waals surface area (Å²) in [5, 5.41) is 12.7. The van der Waals surface area contributed by atoms with Gasteiger partial charge in [-0.25, -0.2) is 0 Å². The van der Waals surface area contributed by atoms with Gasteiger partial charge < -0.3 is 14.3 Å². The molecule has 0 bridgehead atoms. The van der Waals surface area contributed by atoms with Crippen LogP contribution in [0.1, 0.15) is 27.3 Å². The van der Waals surface area contributed by atoms with E-state index in [1.807, 2.05) is 31.2 Å². The van der Waals surface area contributed by atoms with Crippen molar-refractivity contribution in [3.05, 3.63) is 75.4 Å². The molecule has 5 heteroatoms. The summed E-state index contributed by atoms with van der Waals surface area (Å²) in [5.74, 6) is 1.72. The fraction of sp³-hybridized carbons (Fsp3) is 0.364. The van der Waals surface area contributed by atoms with Crippen molar-refractivity contribution in [2.45, 2.75) is 40.0 Å². The normalized spacial score (nSPS) is 12.5. The van der Waals surface area contributed by atoms with Gasteiger partial charge in [-0.05, 0) is 61.5 Å². The molecule has 0 fully saturated rings. The highest BCUT2D eigenvalue weighted by Gasteiger charge is 2.16. The van der Waals surface area contributed by atoms with Crippen molar-refractivity contribution < 1.29 is 14.3 Å². The van der Waals surface area contributed by atoms with E-state index in [2.05, 4.69) is 36.3 Å². The smallest absolute Gasteiger partial charge is 0.122 e. The van der Waals surface area contributed by atoms with Crippen molar-refractivity contribution in [1.29, 1.82) is 0 Å². The largest absolute Gasteiger partial charge is 0.491 e. The number of hydrogen-bond acceptors (Lipinski definition) is 5. The number of aliphatic hydroxyl groups is 1. The molecule has 1 N–H and O–H groups in total. The highest BCUT2D eigenvalue weighted by atomic mass is 32.1. The molecule has 4 nitrogen and oxygen atoms in total. The highest BCUT2D eigenvalue weighted by Crippen LogP contribution is 2.21. The lowest BCUT2D eigenvalue weighted by molar-refractivity contribution is 0.0605. The molecule has 0 saturated heterocycles. The van der Waals surface area contributed by atoms with E-state index in [1.54, 1.807) is 17.6 Å². The molecule has 0 spiro atoms. The molecule has 1 aromatic carbocycles. The predicted octanol–water partition coefficient (Wildman–Crippen LogP) is 4.71. The van der Waals surface area contributed by atoms with Crippen LogP contribution in [0.5, 0.6) is 5.75 Å². The van der Waals surface area contributed by atoms with Crippen LogP contribution in [-0.4, -0.2) is 29.3 Å². The molecule has 1 atom stereocenters. The Labute approximate surface area is 165 Å². The molecule has 0 aliphatic rings. The first kappa shape index (κ1) is 19.7. The number of hydrogen-bond donors (Lipinski definition) is 1. The van der Waals surface area contributed by atoms with E-state index in [-0.39, 0.29) is 6.61 Å². The minimum Gasteiger partial charge on any atom is -0.491 e. The van der Waals surface area contributed by atoms with Gasteiger partial charge in [0, 0.05) is 18.0 Å². The Bertz CT molecular complexity index is 841. The number of benzene rings is 1. The van der Waals surface area contributed by atoms with E-state index in [9.17, 15) is 5.11 Å². The summed E-state index contributed by atoms with van der Waals surface area (Å²) >= 11 is 1.75. The predicted molar refractivity (Wildman–Crippen MR) is 109 cm³/mol. The summed E-state index contributed by atoms with van der Waals surface area (Å²) < 4.78 is 11.4. The first-order chi connectivity index (χ1) is 13.0. The standard InChI is InChI=1S/C22H27NO3S/c1-16-6-7-21(18(3)11-16)26-15-19(24)12-23(13-20-5-4-9-25-20)14-22-17(2)8-10-27-22/h4-11,19,24H,12-15H2,1-3H3. The maximum Gasteiger partial charge on any atom is 0.122 e.